The third-order valence-electron chi connectivity index (χ3n) is 3.48. The van der Waals surface area contributed by atoms with Crippen LogP contribution in [0.5, 0.6) is 0 Å². The van der Waals surface area contributed by atoms with E-state index in [1.165, 1.54) is 0 Å². The molecule has 0 radical (unpaired) electrons. The maximum atomic E-state index is 11.8. The standard InChI is InChI=1S/C10H15NO2/c12-9-5-1-2-6-10(9)7-3-4-8(10)11-13/h13H,1-7H2/b11-8+. The molecule has 0 bridgehead atoms. The van der Waals surface area contributed by atoms with E-state index in [0.717, 1.165) is 44.2 Å². The second-order valence-corrected chi connectivity index (χ2v) is 4.11. The average molecular weight is 181 g/mol. The van der Waals surface area contributed by atoms with Gasteiger partial charge < -0.3 is 5.21 Å². The number of ketones is 1. The van der Waals surface area contributed by atoms with E-state index >= 15 is 0 Å². The number of carbonyl (C=O) groups excluding carboxylic acids is 1. The molecule has 0 aromatic rings. The number of oxime groups is 1. The molecule has 0 saturated heterocycles. The van der Waals surface area contributed by atoms with Crippen LogP contribution in [0.4, 0.5) is 0 Å². The van der Waals surface area contributed by atoms with Crippen LogP contribution in [0.2, 0.25) is 0 Å². The lowest BCUT2D eigenvalue weighted by molar-refractivity contribution is -0.127. The highest BCUT2D eigenvalue weighted by atomic mass is 16.4. The Bertz CT molecular complexity index is 260. The smallest absolute Gasteiger partial charge is 0.144 e. The van der Waals surface area contributed by atoms with Gasteiger partial charge in [-0.15, -0.1) is 0 Å². The summed E-state index contributed by atoms with van der Waals surface area (Å²) in [7, 11) is 0. The quantitative estimate of drug-likeness (QED) is 0.459. The summed E-state index contributed by atoms with van der Waals surface area (Å²) >= 11 is 0. The van der Waals surface area contributed by atoms with Gasteiger partial charge >= 0.3 is 0 Å². The molecule has 2 saturated carbocycles. The lowest BCUT2D eigenvalue weighted by Gasteiger charge is -2.31. The molecule has 0 aliphatic heterocycles. The number of rotatable bonds is 0. The molecule has 0 aromatic heterocycles. The molecule has 2 rings (SSSR count). The van der Waals surface area contributed by atoms with Crippen LogP contribution < -0.4 is 0 Å². The fraction of sp³-hybridized carbons (Fsp3) is 0.800. The van der Waals surface area contributed by atoms with Crippen molar-refractivity contribution in [2.45, 2.75) is 44.9 Å². The number of nitrogens with zero attached hydrogens (tertiary/aromatic N) is 1. The van der Waals surface area contributed by atoms with Crippen LogP contribution in [0.3, 0.4) is 0 Å². The number of carbonyl (C=O) groups is 1. The first kappa shape index (κ1) is 8.73. The van der Waals surface area contributed by atoms with Crippen LogP contribution in [-0.4, -0.2) is 16.7 Å². The Morgan fingerprint density at radius 1 is 1.15 bits per heavy atom. The lowest BCUT2D eigenvalue weighted by atomic mass is 9.71. The zero-order valence-electron chi connectivity index (χ0n) is 7.75. The molecule has 0 heterocycles. The molecule has 2 aliphatic carbocycles. The SMILES string of the molecule is O=C1CCCCC12CCC/C2=N\O. The average Bonchev–Trinajstić information content (AvgIpc) is 2.55. The fourth-order valence-corrected chi connectivity index (χ4v) is 2.75. The van der Waals surface area contributed by atoms with Crippen molar-refractivity contribution in [3.8, 4) is 0 Å². The van der Waals surface area contributed by atoms with Crippen LogP contribution in [0, 0.1) is 5.41 Å². The van der Waals surface area contributed by atoms with Crippen molar-refractivity contribution in [2.75, 3.05) is 0 Å². The molecule has 1 atom stereocenters. The highest BCUT2D eigenvalue weighted by molar-refractivity contribution is 6.10. The Labute approximate surface area is 77.8 Å². The second kappa shape index (κ2) is 3.13. The number of hydrogen-bond acceptors (Lipinski definition) is 3. The largest absolute Gasteiger partial charge is 0.411 e. The third-order valence-corrected chi connectivity index (χ3v) is 3.48. The highest BCUT2D eigenvalue weighted by Gasteiger charge is 2.47. The maximum Gasteiger partial charge on any atom is 0.144 e. The zero-order chi connectivity index (χ0) is 9.31. The molecular formula is C10H15NO2. The summed E-state index contributed by atoms with van der Waals surface area (Å²) in [5.74, 6) is 0.309. The Kier molecular flexibility index (Phi) is 2.10. The van der Waals surface area contributed by atoms with Crippen molar-refractivity contribution in [1.29, 1.82) is 0 Å². The van der Waals surface area contributed by atoms with Gasteiger partial charge in [0.25, 0.3) is 0 Å². The van der Waals surface area contributed by atoms with Crippen LogP contribution in [-0.2, 0) is 4.79 Å². The van der Waals surface area contributed by atoms with E-state index < -0.39 is 0 Å². The summed E-state index contributed by atoms with van der Waals surface area (Å²) in [6, 6.07) is 0. The molecular weight excluding hydrogens is 166 g/mol. The van der Waals surface area contributed by atoms with Gasteiger partial charge in [-0.2, -0.15) is 0 Å². The van der Waals surface area contributed by atoms with Crippen molar-refractivity contribution < 1.29 is 10.0 Å². The van der Waals surface area contributed by atoms with E-state index in [2.05, 4.69) is 5.16 Å². The van der Waals surface area contributed by atoms with E-state index in [-0.39, 0.29) is 5.41 Å². The molecule has 1 spiro atoms. The van der Waals surface area contributed by atoms with Gasteiger partial charge in [0.2, 0.25) is 0 Å². The second-order valence-electron chi connectivity index (χ2n) is 4.11. The molecule has 1 N–H and O–H groups in total. The Morgan fingerprint density at radius 2 is 1.92 bits per heavy atom. The molecule has 2 fully saturated rings. The monoisotopic (exact) mass is 181 g/mol. The summed E-state index contributed by atoms with van der Waals surface area (Å²) in [5.41, 5.74) is 0.407. The Morgan fingerprint density at radius 3 is 2.62 bits per heavy atom. The van der Waals surface area contributed by atoms with Crippen LogP contribution in [0.15, 0.2) is 5.16 Å². The van der Waals surface area contributed by atoms with Crippen molar-refractivity contribution in [1.82, 2.24) is 0 Å². The minimum atomic E-state index is -0.340. The first-order valence-electron chi connectivity index (χ1n) is 5.04. The summed E-state index contributed by atoms with van der Waals surface area (Å²) in [4.78, 5) is 11.8. The predicted octanol–water partition coefficient (Wildman–Crippen LogP) is 2.13. The van der Waals surface area contributed by atoms with Crippen molar-refractivity contribution >= 4 is 11.5 Å². The molecule has 3 heteroatoms. The lowest BCUT2D eigenvalue weighted by Crippen LogP contribution is -2.37. The molecule has 72 valence electrons. The van der Waals surface area contributed by atoms with Gasteiger partial charge in [-0.1, -0.05) is 11.6 Å². The van der Waals surface area contributed by atoms with Crippen molar-refractivity contribution in [3.05, 3.63) is 0 Å². The Hall–Kier alpha value is -0.860. The summed E-state index contributed by atoms with van der Waals surface area (Å²) in [6.07, 6.45) is 6.42. The Balaban J connectivity index is 2.30. The molecule has 2 aliphatic rings. The summed E-state index contributed by atoms with van der Waals surface area (Å²) < 4.78 is 0. The van der Waals surface area contributed by atoms with Gasteiger partial charge in [0, 0.05) is 6.42 Å². The summed E-state index contributed by atoms with van der Waals surface area (Å²) in [5, 5.41) is 12.1. The predicted molar refractivity (Wildman–Crippen MR) is 49.0 cm³/mol. The maximum absolute atomic E-state index is 11.8. The van der Waals surface area contributed by atoms with Gasteiger partial charge in [0.15, 0.2) is 0 Å². The normalized spacial score (nSPS) is 37.5. The van der Waals surface area contributed by atoms with E-state index in [4.69, 9.17) is 5.21 Å². The highest BCUT2D eigenvalue weighted by Crippen LogP contribution is 2.44. The van der Waals surface area contributed by atoms with E-state index in [0.29, 0.717) is 12.2 Å². The van der Waals surface area contributed by atoms with Gasteiger partial charge in [-0.3, -0.25) is 4.79 Å². The van der Waals surface area contributed by atoms with Gasteiger partial charge in [0.05, 0.1) is 11.1 Å². The summed E-state index contributed by atoms with van der Waals surface area (Å²) in [6.45, 7) is 0. The van der Waals surface area contributed by atoms with E-state index in [9.17, 15) is 4.79 Å². The third kappa shape index (κ3) is 1.18. The van der Waals surface area contributed by atoms with Gasteiger partial charge in [-0.05, 0) is 32.1 Å². The van der Waals surface area contributed by atoms with E-state index in [1.807, 2.05) is 0 Å². The van der Waals surface area contributed by atoms with Crippen molar-refractivity contribution in [2.24, 2.45) is 10.6 Å². The molecule has 3 nitrogen and oxygen atoms in total. The van der Waals surface area contributed by atoms with Gasteiger partial charge in [-0.25, -0.2) is 0 Å². The topological polar surface area (TPSA) is 49.7 Å². The van der Waals surface area contributed by atoms with Crippen LogP contribution in [0.25, 0.3) is 0 Å². The van der Waals surface area contributed by atoms with E-state index in [1.54, 1.807) is 0 Å². The zero-order valence-corrected chi connectivity index (χ0v) is 7.75. The number of Topliss-reactive ketones (excluding diaryl/α,β-unsaturated/α-hetero) is 1. The fourth-order valence-electron chi connectivity index (χ4n) is 2.75. The van der Waals surface area contributed by atoms with Crippen LogP contribution in [0.1, 0.15) is 44.9 Å². The molecule has 1 unspecified atom stereocenters. The minimum Gasteiger partial charge on any atom is -0.411 e. The minimum absolute atomic E-state index is 0.309. The molecule has 0 amide bonds. The molecule has 13 heavy (non-hydrogen) atoms. The van der Waals surface area contributed by atoms with Crippen LogP contribution >= 0.6 is 0 Å². The van der Waals surface area contributed by atoms with Crippen molar-refractivity contribution in [3.63, 3.8) is 0 Å². The molecule has 0 aromatic carbocycles. The first-order valence-corrected chi connectivity index (χ1v) is 5.04. The first-order chi connectivity index (χ1) is 6.29. The number of hydrogen-bond donors (Lipinski definition) is 1. The van der Waals surface area contributed by atoms with Gasteiger partial charge in [0.1, 0.15) is 5.78 Å².